The van der Waals surface area contributed by atoms with Gasteiger partial charge in [0.05, 0.1) is 11.8 Å². The average Bonchev–Trinajstić information content (AvgIpc) is 2.64. The maximum Gasteiger partial charge on any atom is 0.249 e. The number of hydroxylamine groups is 1. The summed E-state index contributed by atoms with van der Waals surface area (Å²) >= 11 is 0. The molecular formula is C20H33N3O5S. The summed E-state index contributed by atoms with van der Waals surface area (Å²) in [6, 6.07) is 8.38. The van der Waals surface area contributed by atoms with Crippen molar-refractivity contribution < 1.29 is 23.2 Å². The third kappa shape index (κ3) is 5.55. The lowest BCUT2D eigenvalue weighted by Gasteiger charge is -2.43. The molecular weight excluding hydrogens is 394 g/mol. The van der Waals surface area contributed by atoms with Crippen molar-refractivity contribution in [3.8, 4) is 0 Å². The maximum atomic E-state index is 13.3. The Morgan fingerprint density at radius 3 is 2.00 bits per heavy atom. The molecule has 0 aromatic heterocycles. The number of benzene rings is 1. The summed E-state index contributed by atoms with van der Waals surface area (Å²) in [6.07, 6.45) is 1.36. The van der Waals surface area contributed by atoms with E-state index in [4.69, 9.17) is 5.84 Å². The van der Waals surface area contributed by atoms with Gasteiger partial charge in [0.25, 0.3) is 0 Å². The normalized spacial score (nSPS) is 16.2. The summed E-state index contributed by atoms with van der Waals surface area (Å²) in [5.74, 6) is 1.17. The van der Waals surface area contributed by atoms with E-state index in [1.54, 1.807) is 35.8 Å². The fourth-order valence-electron chi connectivity index (χ4n) is 4.15. The first-order valence-electron chi connectivity index (χ1n) is 9.61. The standard InChI is InChI=1S/C20H33N3O5S/c1-13(2)11-16(18(24)22-21)17(19(25)23-26)20(12-14(3)4,29(5,27)28)15-9-7-6-8-10-15/h6-10,13-14,16-17,26H,11-12,21H2,1-5H3,(H,22,24)(H,23,25)/t16-,17+,20?/m1/s1. The van der Waals surface area contributed by atoms with Crippen LogP contribution in [-0.4, -0.2) is 31.7 Å². The zero-order valence-corrected chi connectivity index (χ0v) is 18.5. The Bertz CT molecular complexity index is 796. The minimum absolute atomic E-state index is 0.0293. The third-order valence-corrected chi connectivity index (χ3v) is 7.12. The minimum atomic E-state index is -3.94. The second-order valence-electron chi connectivity index (χ2n) is 8.32. The van der Waals surface area contributed by atoms with Gasteiger partial charge in [-0.15, -0.1) is 0 Å². The molecule has 0 aliphatic carbocycles. The zero-order valence-electron chi connectivity index (χ0n) is 17.7. The Labute approximate surface area is 173 Å². The van der Waals surface area contributed by atoms with E-state index in [2.05, 4.69) is 5.43 Å². The number of amides is 2. The van der Waals surface area contributed by atoms with E-state index < -0.39 is 38.2 Å². The molecule has 0 aliphatic heterocycles. The van der Waals surface area contributed by atoms with Crippen molar-refractivity contribution in [1.82, 2.24) is 10.9 Å². The van der Waals surface area contributed by atoms with E-state index in [1.165, 1.54) is 0 Å². The van der Waals surface area contributed by atoms with E-state index in [0.717, 1.165) is 6.26 Å². The summed E-state index contributed by atoms with van der Waals surface area (Å²) in [7, 11) is -3.94. The van der Waals surface area contributed by atoms with Gasteiger partial charge in [0, 0.05) is 6.26 Å². The summed E-state index contributed by atoms with van der Waals surface area (Å²) < 4.78 is 24.9. The van der Waals surface area contributed by atoms with Crippen molar-refractivity contribution in [1.29, 1.82) is 0 Å². The van der Waals surface area contributed by atoms with Crippen LogP contribution in [0.25, 0.3) is 0 Å². The third-order valence-electron chi connectivity index (χ3n) is 5.14. The molecule has 0 aliphatic rings. The van der Waals surface area contributed by atoms with E-state index in [1.807, 2.05) is 27.7 Å². The van der Waals surface area contributed by atoms with Gasteiger partial charge in [0.15, 0.2) is 9.84 Å². The predicted molar refractivity (Wildman–Crippen MR) is 111 cm³/mol. The average molecular weight is 428 g/mol. The van der Waals surface area contributed by atoms with Gasteiger partial charge in [-0.2, -0.15) is 0 Å². The van der Waals surface area contributed by atoms with Gasteiger partial charge in [-0.1, -0.05) is 58.0 Å². The number of hydrogen-bond donors (Lipinski definition) is 4. The second kappa shape index (κ2) is 10.2. The number of carbonyl (C=O) groups excluding carboxylic acids is 2. The van der Waals surface area contributed by atoms with E-state index in [-0.39, 0.29) is 24.7 Å². The molecule has 1 rings (SSSR count). The molecule has 9 heteroatoms. The molecule has 0 fully saturated rings. The lowest BCUT2D eigenvalue weighted by molar-refractivity contribution is -0.143. The molecule has 29 heavy (non-hydrogen) atoms. The first kappa shape index (κ1) is 25.1. The van der Waals surface area contributed by atoms with E-state index in [9.17, 15) is 23.2 Å². The van der Waals surface area contributed by atoms with E-state index >= 15 is 0 Å². The van der Waals surface area contributed by atoms with Crippen LogP contribution in [0.3, 0.4) is 0 Å². The number of rotatable bonds is 10. The fraction of sp³-hybridized carbons (Fsp3) is 0.600. The topological polar surface area (TPSA) is 139 Å². The van der Waals surface area contributed by atoms with Crippen LogP contribution in [0.1, 0.15) is 46.1 Å². The molecule has 0 saturated carbocycles. The molecule has 1 aromatic rings. The lowest BCUT2D eigenvalue weighted by Crippen LogP contribution is -2.56. The van der Waals surface area contributed by atoms with Gasteiger partial charge < -0.3 is 0 Å². The number of nitrogens with two attached hydrogens (primary N) is 1. The van der Waals surface area contributed by atoms with Gasteiger partial charge in [0.2, 0.25) is 11.8 Å². The van der Waals surface area contributed by atoms with Gasteiger partial charge in [-0.3, -0.25) is 20.2 Å². The minimum Gasteiger partial charge on any atom is -0.294 e. The quantitative estimate of drug-likeness (QED) is 0.194. The smallest absolute Gasteiger partial charge is 0.249 e. The second-order valence-corrected chi connectivity index (χ2v) is 10.6. The van der Waals surface area contributed by atoms with Crippen molar-refractivity contribution >= 4 is 21.7 Å². The first-order valence-corrected chi connectivity index (χ1v) is 11.5. The molecule has 1 unspecified atom stereocenters. The monoisotopic (exact) mass is 427 g/mol. The van der Waals surface area contributed by atoms with Crippen LogP contribution < -0.4 is 16.7 Å². The van der Waals surface area contributed by atoms with Crippen molar-refractivity contribution in [3.05, 3.63) is 35.9 Å². The summed E-state index contributed by atoms with van der Waals surface area (Å²) in [5.41, 5.74) is 4.05. The van der Waals surface area contributed by atoms with Gasteiger partial charge in [-0.05, 0) is 30.2 Å². The molecule has 5 N–H and O–H groups in total. The fourth-order valence-corrected chi connectivity index (χ4v) is 6.08. The number of hydrazine groups is 1. The van der Waals surface area contributed by atoms with Crippen LogP contribution >= 0.6 is 0 Å². The molecule has 2 amide bonds. The van der Waals surface area contributed by atoms with Crippen molar-refractivity contribution in [3.63, 3.8) is 0 Å². The number of hydrogen-bond acceptors (Lipinski definition) is 6. The Balaban J connectivity index is 3.98. The molecule has 8 nitrogen and oxygen atoms in total. The van der Waals surface area contributed by atoms with Crippen LogP contribution in [0.5, 0.6) is 0 Å². The predicted octanol–water partition coefficient (Wildman–Crippen LogP) is 1.75. The number of carbonyl (C=O) groups is 2. The molecule has 0 saturated heterocycles. The molecule has 164 valence electrons. The van der Waals surface area contributed by atoms with Crippen LogP contribution in [0.4, 0.5) is 0 Å². The van der Waals surface area contributed by atoms with Crippen molar-refractivity contribution in [2.45, 2.75) is 45.3 Å². The van der Waals surface area contributed by atoms with Crippen molar-refractivity contribution in [2.24, 2.45) is 29.5 Å². The van der Waals surface area contributed by atoms with Crippen LogP contribution in [0, 0.1) is 23.7 Å². The van der Waals surface area contributed by atoms with Gasteiger partial charge >= 0.3 is 0 Å². The first-order chi connectivity index (χ1) is 13.4. The lowest BCUT2D eigenvalue weighted by atomic mass is 9.70. The molecule has 0 spiro atoms. The highest BCUT2D eigenvalue weighted by atomic mass is 32.2. The molecule has 0 bridgehead atoms. The summed E-state index contributed by atoms with van der Waals surface area (Å²) in [6.45, 7) is 7.41. The molecule has 0 heterocycles. The SMILES string of the molecule is CC(C)C[C@@H](C(=O)NN)[C@@H](C(=O)NO)C(CC(C)C)(c1ccccc1)S(C)(=O)=O. The van der Waals surface area contributed by atoms with Gasteiger partial charge in [0.1, 0.15) is 4.75 Å². The van der Waals surface area contributed by atoms with Gasteiger partial charge in [-0.25, -0.2) is 19.7 Å². The summed E-state index contributed by atoms with van der Waals surface area (Å²) in [4.78, 5) is 25.7. The maximum absolute atomic E-state index is 13.3. The Kier molecular flexibility index (Phi) is 8.80. The molecule has 1 aromatic carbocycles. The number of nitrogens with one attached hydrogen (secondary N) is 2. The summed E-state index contributed by atoms with van der Waals surface area (Å²) in [5, 5.41) is 9.50. The van der Waals surface area contributed by atoms with E-state index in [0.29, 0.717) is 5.56 Å². The molecule has 3 atom stereocenters. The molecule has 0 radical (unpaired) electrons. The van der Waals surface area contributed by atoms with Crippen molar-refractivity contribution in [2.75, 3.05) is 6.26 Å². The highest BCUT2D eigenvalue weighted by Crippen LogP contribution is 2.47. The highest BCUT2D eigenvalue weighted by Gasteiger charge is 2.56. The zero-order chi connectivity index (χ0) is 22.4. The largest absolute Gasteiger partial charge is 0.294 e. The Morgan fingerprint density at radius 1 is 1.07 bits per heavy atom. The van der Waals surface area contributed by atoms with Crippen LogP contribution in [0.2, 0.25) is 0 Å². The highest BCUT2D eigenvalue weighted by molar-refractivity contribution is 7.91. The van der Waals surface area contributed by atoms with Crippen LogP contribution in [0.15, 0.2) is 30.3 Å². The Hall–Kier alpha value is -1.97. The van der Waals surface area contributed by atoms with Crippen LogP contribution in [-0.2, 0) is 24.2 Å². The number of sulfone groups is 1. The Morgan fingerprint density at radius 2 is 1.62 bits per heavy atom.